The van der Waals surface area contributed by atoms with Crippen LogP contribution in [-0.2, 0) is 19.2 Å². The second kappa shape index (κ2) is 26.6. The summed E-state index contributed by atoms with van der Waals surface area (Å²) in [4.78, 5) is 69.2. The van der Waals surface area contributed by atoms with Gasteiger partial charge in [-0.2, -0.15) is 0 Å². The minimum Gasteiger partial charge on any atom is -0.423 e. The molecular formula is C68H62N4O8. The first kappa shape index (κ1) is 55.1. The van der Waals surface area contributed by atoms with Gasteiger partial charge in [0.15, 0.2) is 0 Å². The van der Waals surface area contributed by atoms with Crippen LogP contribution in [0.1, 0.15) is 102 Å². The molecule has 0 saturated heterocycles. The van der Waals surface area contributed by atoms with Gasteiger partial charge in [0.05, 0.1) is 22.8 Å². The maximum absolute atomic E-state index is 12.7. The van der Waals surface area contributed by atoms with Crippen molar-refractivity contribution in [3.63, 3.8) is 0 Å². The van der Waals surface area contributed by atoms with Gasteiger partial charge >= 0.3 is 23.9 Å². The molecule has 8 bridgehead atoms. The highest BCUT2D eigenvalue weighted by atomic mass is 16.5. The highest BCUT2D eigenvalue weighted by molar-refractivity contribution is 6.00. The van der Waals surface area contributed by atoms with Crippen molar-refractivity contribution in [3.8, 4) is 67.5 Å². The van der Waals surface area contributed by atoms with Crippen LogP contribution in [0.2, 0.25) is 0 Å². The molecule has 5 heterocycles. The molecule has 0 saturated carbocycles. The molecule has 0 fully saturated rings. The lowest BCUT2D eigenvalue weighted by atomic mass is 10.0. The third-order valence-corrected chi connectivity index (χ3v) is 13.0. The van der Waals surface area contributed by atoms with Gasteiger partial charge in [-0.15, -0.1) is 0 Å². The number of rotatable bonds is 20. The fourth-order valence-electron chi connectivity index (χ4n) is 9.16. The Balaban J connectivity index is 1.28. The summed E-state index contributed by atoms with van der Waals surface area (Å²) in [6.07, 6.45) is 27.7. The molecule has 2 aliphatic heterocycles. The predicted octanol–water partition coefficient (Wildman–Crippen LogP) is 16.4. The zero-order chi connectivity index (χ0) is 55.8. The van der Waals surface area contributed by atoms with Crippen LogP contribution in [0.3, 0.4) is 0 Å². The summed E-state index contributed by atoms with van der Waals surface area (Å²) in [7, 11) is 0. The van der Waals surface area contributed by atoms with E-state index in [2.05, 4.69) is 9.97 Å². The lowest BCUT2D eigenvalue weighted by Gasteiger charge is -2.09. The molecule has 9 rings (SSSR count). The SMILES string of the molecule is CCCC=CC(=O)Oc1ccc(-c2c3nc(c(-c4ccc(OC(=O)C=CCCC)cc4)c4ccc([nH]4)c(-c4ccc(OC(=O)C=CCCC)cc4)c4nc(c(-c5ccc(OC(=O)C=CCCC)cc5)c5ccc2[nH]5)C=C4)C=C3)cc1. The van der Waals surface area contributed by atoms with Gasteiger partial charge < -0.3 is 28.9 Å². The number of ether oxygens (including phenoxy) is 4. The van der Waals surface area contributed by atoms with Crippen molar-refractivity contribution < 1.29 is 38.1 Å². The fourth-order valence-corrected chi connectivity index (χ4v) is 9.16. The number of hydrogen-bond acceptors (Lipinski definition) is 10. The number of aromatic nitrogens is 4. The number of nitrogens with zero attached hydrogens (tertiary/aromatic N) is 2. The van der Waals surface area contributed by atoms with Crippen molar-refractivity contribution in [3.05, 3.63) is 193 Å². The summed E-state index contributed by atoms with van der Waals surface area (Å²) < 4.78 is 22.7. The van der Waals surface area contributed by atoms with Crippen LogP contribution in [-0.4, -0.2) is 43.8 Å². The molecule has 3 aromatic heterocycles. The lowest BCUT2D eigenvalue weighted by Crippen LogP contribution is -2.03. The Morgan fingerprint density at radius 2 is 0.550 bits per heavy atom. The zero-order valence-electron chi connectivity index (χ0n) is 45.3. The fraction of sp³-hybridized carbons (Fsp3) is 0.176. The van der Waals surface area contributed by atoms with Gasteiger partial charge in [-0.25, -0.2) is 29.1 Å². The van der Waals surface area contributed by atoms with E-state index in [1.807, 2.05) is 125 Å². The van der Waals surface area contributed by atoms with E-state index in [4.69, 9.17) is 28.9 Å². The van der Waals surface area contributed by atoms with E-state index < -0.39 is 23.9 Å². The van der Waals surface area contributed by atoms with Crippen molar-refractivity contribution in [1.82, 2.24) is 19.9 Å². The van der Waals surface area contributed by atoms with Crippen LogP contribution in [0.5, 0.6) is 23.0 Å². The van der Waals surface area contributed by atoms with Gasteiger partial charge in [-0.05, 0) is 145 Å². The van der Waals surface area contributed by atoms with Crippen LogP contribution >= 0.6 is 0 Å². The molecule has 12 heteroatoms. The van der Waals surface area contributed by atoms with Gasteiger partial charge in [-0.3, -0.25) is 0 Å². The van der Waals surface area contributed by atoms with Gasteiger partial charge in [0.1, 0.15) is 23.0 Å². The Morgan fingerprint density at radius 1 is 0.338 bits per heavy atom. The molecule has 402 valence electrons. The average molecular weight is 1060 g/mol. The third kappa shape index (κ3) is 13.7. The Hall–Kier alpha value is -9.68. The molecular weight excluding hydrogens is 1000 g/mol. The standard InChI is InChI=1S/C68H62N4O8/c1-5-9-13-17-61(73)77-49-29-21-45(22-30-49)65-53-37-39-55(69-53)66(46-23-31-50(32-24-46)78-62(74)18-14-10-6-2)57-41-43-59(71-57)68(48-27-35-52(36-28-48)80-64(76)20-16-12-8-4)60-44-42-58(72-60)67(56-40-38-54(65)70-56)47-25-33-51(34-26-47)79-63(75)19-15-11-7-3/h13-44,69,72H,5-12H2,1-4H3. The summed E-state index contributed by atoms with van der Waals surface area (Å²) in [6.45, 7) is 8.18. The number of carbonyl (C=O) groups excluding carboxylic acids is 4. The van der Waals surface area contributed by atoms with Crippen molar-refractivity contribution in [2.75, 3.05) is 0 Å². The predicted molar refractivity (Wildman–Crippen MR) is 319 cm³/mol. The topological polar surface area (TPSA) is 163 Å². The van der Waals surface area contributed by atoms with Crippen LogP contribution in [0.25, 0.3) is 90.9 Å². The molecule has 12 nitrogen and oxygen atoms in total. The number of benzene rings is 4. The molecule has 2 aliphatic rings. The number of fused-ring (bicyclic) bond motifs is 8. The first-order valence-corrected chi connectivity index (χ1v) is 27.2. The number of nitrogens with one attached hydrogen (secondary N) is 2. The zero-order valence-corrected chi connectivity index (χ0v) is 45.3. The van der Waals surface area contributed by atoms with Crippen LogP contribution in [0, 0.1) is 0 Å². The monoisotopic (exact) mass is 1060 g/mol. The van der Waals surface area contributed by atoms with E-state index in [9.17, 15) is 19.2 Å². The number of allylic oxidation sites excluding steroid dienone is 4. The van der Waals surface area contributed by atoms with Crippen LogP contribution in [0.15, 0.2) is 170 Å². The van der Waals surface area contributed by atoms with Gasteiger partial charge in [0, 0.05) is 68.6 Å². The molecule has 0 aliphatic carbocycles. The first-order valence-electron chi connectivity index (χ1n) is 27.2. The molecule has 4 aromatic carbocycles. The minimum atomic E-state index is -0.455. The Bertz CT molecular complexity index is 3280. The van der Waals surface area contributed by atoms with Crippen molar-refractivity contribution in [1.29, 1.82) is 0 Å². The smallest absolute Gasteiger partial charge is 0.335 e. The van der Waals surface area contributed by atoms with E-state index in [1.54, 1.807) is 72.8 Å². The minimum absolute atomic E-state index is 0.395. The maximum atomic E-state index is 12.7. The molecule has 80 heavy (non-hydrogen) atoms. The van der Waals surface area contributed by atoms with E-state index in [0.29, 0.717) is 45.8 Å². The average Bonchev–Trinajstić information content (AvgIpc) is 4.40. The Kier molecular flexibility index (Phi) is 18.3. The van der Waals surface area contributed by atoms with Crippen molar-refractivity contribution >= 4 is 70.2 Å². The number of H-pyrrole nitrogens is 2. The van der Waals surface area contributed by atoms with Crippen molar-refractivity contribution in [2.45, 2.75) is 79.1 Å². The molecule has 7 aromatic rings. The summed E-state index contributed by atoms with van der Waals surface area (Å²) in [5.74, 6) is -0.237. The van der Waals surface area contributed by atoms with E-state index in [-0.39, 0.29) is 0 Å². The van der Waals surface area contributed by atoms with Gasteiger partial charge in [0.2, 0.25) is 0 Å². The van der Waals surface area contributed by atoms with Crippen LogP contribution in [0.4, 0.5) is 0 Å². The molecule has 0 atom stereocenters. The largest absolute Gasteiger partial charge is 0.423 e. The number of unbranched alkanes of at least 4 members (excludes halogenated alkanes) is 4. The Labute approximate surface area is 465 Å². The third-order valence-electron chi connectivity index (χ3n) is 13.0. The quantitative estimate of drug-likeness (QED) is 0.0427. The van der Waals surface area contributed by atoms with E-state index >= 15 is 0 Å². The van der Waals surface area contributed by atoms with Crippen LogP contribution < -0.4 is 18.9 Å². The molecule has 0 radical (unpaired) electrons. The highest BCUT2D eigenvalue weighted by Crippen LogP contribution is 2.40. The second-order valence-electron chi connectivity index (χ2n) is 19.0. The van der Waals surface area contributed by atoms with Gasteiger partial charge in [-0.1, -0.05) is 126 Å². The molecule has 0 amide bonds. The Morgan fingerprint density at radius 3 is 0.750 bits per heavy atom. The second-order valence-corrected chi connectivity index (χ2v) is 19.0. The lowest BCUT2D eigenvalue weighted by molar-refractivity contribution is -0.129. The van der Waals surface area contributed by atoms with Gasteiger partial charge in [0.25, 0.3) is 0 Å². The summed E-state index contributed by atoms with van der Waals surface area (Å²) in [6, 6.07) is 37.5. The van der Waals surface area contributed by atoms with E-state index in [0.717, 1.165) is 118 Å². The summed E-state index contributed by atoms with van der Waals surface area (Å²) in [5.41, 5.74) is 11.9. The molecule has 0 unspecified atom stereocenters. The normalized spacial score (nSPS) is 12.1. The number of esters is 4. The highest BCUT2D eigenvalue weighted by Gasteiger charge is 2.20. The molecule has 2 N–H and O–H groups in total. The molecule has 0 spiro atoms. The summed E-state index contributed by atoms with van der Waals surface area (Å²) >= 11 is 0. The number of carbonyl (C=O) groups is 4. The van der Waals surface area contributed by atoms with E-state index in [1.165, 1.54) is 24.3 Å². The maximum Gasteiger partial charge on any atom is 0.335 e. The number of hydrogen-bond donors (Lipinski definition) is 2. The van der Waals surface area contributed by atoms with Crippen molar-refractivity contribution in [2.24, 2.45) is 0 Å². The number of aromatic amines is 2. The summed E-state index contributed by atoms with van der Waals surface area (Å²) in [5, 5.41) is 0. The first-order chi connectivity index (χ1) is 39.1.